The van der Waals surface area contributed by atoms with Gasteiger partial charge in [0.05, 0.1) is 11.3 Å². The van der Waals surface area contributed by atoms with Crippen molar-refractivity contribution < 1.29 is 22.8 Å². The lowest BCUT2D eigenvalue weighted by Gasteiger charge is -2.11. The number of thioether (sulfide) groups is 1. The molecular formula is C19H19F3N2O2S. The van der Waals surface area contributed by atoms with Gasteiger partial charge in [0.15, 0.2) is 0 Å². The largest absolute Gasteiger partial charge is 0.416 e. The fraction of sp³-hybridized carbons (Fsp3) is 0.263. The van der Waals surface area contributed by atoms with E-state index in [0.29, 0.717) is 22.6 Å². The molecule has 0 aliphatic carbocycles. The van der Waals surface area contributed by atoms with Gasteiger partial charge in [-0.25, -0.2) is 0 Å². The lowest BCUT2D eigenvalue weighted by atomic mass is 10.1. The summed E-state index contributed by atoms with van der Waals surface area (Å²) >= 11 is 1.22. The van der Waals surface area contributed by atoms with Gasteiger partial charge in [0.1, 0.15) is 0 Å². The quantitative estimate of drug-likeness (QED) is 0.793. The molecule has 0 aliphatic rings. The van der Waals surface area contributed by atoms with Crippen LogP contribution in [0.25, 0.3) is 0 Å². The van der Waals surface area contributed by atoms with Crippen molar-refractivity contribution in [1.82, 2.24) is 4.90 Å². The van der Waals surface area contributed by atoms with E-state index in [0.717, 1.165) is 12.1 Å². The molecule has 8 heteroatoms. The first-order valence-electron chi connectivity index (χ1n) is 8.02. The van der Waals surface area contributed by atoms with Gasteiger partial charge in [0, 0.05) is 31.1 Å². The van der Waals surface area contributed by atoms with Crippen LogP contribution in [0.1, 0.15) is 21.5 Å². The summed E-state index contributed by atoms with van der Waals surface area (Å²) in [4.78, 5) is 25.2. The topological polar surface area (TPSA) is 49.4 Å². The molecule has 2 aromatic carbocycles. The Hall–Kier alpha value is -2.48. The molecule has 1 N–H and O–H groups in total. The molecule has 27 heavy (non-hydrogen) atoms. The number of alkyl halides is 3. The first-order valence-corrected chi connectivity index (χ1v) is 9.18. The monoisotopic (exact) mass is 396 g/mol. The van der Waals surface area contributed by atoms with E-state index in [2.05, 4.69) is 5.32 Å². The molecule has 0 radical (unpaired) electrons. The minimum Gasteiger partial charge on any atom is -0.345 e. The molecule has 0 aromatic heterocycles. The van der Waals surface area contributed by atoms with Gasteiger partial charge >= 0.3 is 6.18 Å². The van der Waals surface area contributed by atoms with Gasteiger partial charge < -0.3 is 10.2 Å². The maximum absolute atomic E-state index is 12.7. The summed E-state index contributed by atoms with van der Waals surface area (Å²) in [6.45, 7) is 0. The Balaban J connectivity index is 1.84. The fourth-order valence-corrected chi connectivity index (χ4v) is 3.03. The minimum absolute atomic E-state index is 0.106. The normalized spacial score (nSPS) is 11.1. The lowest BCUT2D eigenvalue weighted by Crippen LogP contribution is -2.21. The molecule has 0 bridgehead atoms. The van der Waals surface area contributed by atoms with Crippen molar-refractivity contribution in [3.63, 3.8) is 0 Å². The van der Waals surface area contributed by atoms with Crippen molar-refractivity contribution in [3.8, 4) is 0 Å². The van der Waals surface area contributed by atoms with Crippen molar-refractivity contribution in [3.05, 3.63) is 65.2 Å². The summed E-state index contributed by atoms with van der Waals surface area (Å²) in [6.07, 6.45) is -4.38. The summed E-state index contributed by atoms with van der Waals surface area (Å²) in [5, 5.41) is 2.69. The highest BCUT2D eigenvalue weighted by atomic mass is 32.2. The Kier molecular flexibility index (Phi) is 6.90. The minimum atomic E-state index is -4.38. The van der Waals surface area contributed by atoms with Crippen molar-refractivity contribution >= 4 is 29.3 Å². The van der Waals surface area contributed by atoms with Crippen molar-refractivity contribution in [2.45, 2.75) is 11.9 Å². The number of halogens is 3. The molecule has 0 unspecified atom stereocenters. The van der Waals surface area contributed by atoms with Crippen LogP contribution in [0.3, 0.4) is 0 Å². The SMILES string of the molecule is CN(C)C(=O)c1ccc(NC(=O)CSCc2cccc(C(F)(F)F)c2)cc1. The van der Waals surface area contributed by atoms with Crippen LogP contribution < -0.4 is 5.32 Å². The average molecular weight is 396 g/mol. The smallest absolute Gasteiger partial charge is 0.345 e. The average Bonchev–Trinajstić information content (AvgIpc) is 2.61. The number of hydrogen-bond acceptors (Lipinski definition) is 3. The van der Waals surface area contributed by atoms with Gasteiger partial charge in [-0.3, -0.25) is 9.59 Å². The molecule has 2 rings (SSSR count). The summed E-state index contributed by atoms with van der Waals surface area (Å²) in [6, 6.07) is 11.6. The third-order valence-corrected chi connectivity index (χ3v) is 4.58. The Bertz CT molecular complexity index is 805. The zero-order valence-electron chi connectivity index (χ0n) is 14.8. The lowest BCUT2D eigenvalue weighted by molar-refractivity contribution is -0.137. The number of nitrogens with zero attached hydrogens (tertiary/aromatic N) is 1. The van der Waals surface area contributed by atoms with Crippen molar-refractivity contribution in [2.75, 3.05) is 25.2 Å². The molecule has 0 heterocycles. The summed E-state index contributed by atoms with van der Waals surface area (Å²) in [5.41, 5.74) is 0.874. The van der Waals surface area contributed by atoms with Gasteiger partial charge in [-0.05, 0) is 35.9 Å². The van der Waals surface area contributed by atoms with Crippen LogP contribution in [-0.4, -0.2) is 36.6 Å². The summed E-state index contributed by atoms with van der Waals surface area (Å²) in [5.74, 6) is 0.00517. The van der Waals surface area contributed by atoms with Crippen molar-refractivity contribution in [1.29, 1.82) is 0 Å². The van der Waals surface area contributed by atoms with Gasteiger partial charge in [-0.1, -0.05) is 18.2 Å². The number of benzene rings is 2. The third kappa shape index (κ3) is 6.32. The molecule has 2 amide bonds. The van der Waals surface area contributed by atoms with Gasteiger partial charge in [-0.2, -0.15) is 13.2 Å². The highest BCUT2D eigenvalue weighted by Gasteiger charge is 2.30. The van der Waals surface area contributed by atoms with E-state index >= 15 is 0 Å². The summed E-state index contributed by atoms with van der Waals surface area (Å²) in [7, 11) is 3.30. The van der Waals surface area contributed by atoms with Crippen LogP contribution in [0.5, 0.6) is 0 Å². The zero-order valence-corrected chi connectivity index (χ0v) is 15.7. The molecule has 0 fully saturated rings. The number of carbonyl (C=O) groups is 2. The van der Waals surface area contributed by atoms with Gasteiger partial charge in [0.25, 0.3) is 5.91 Å². The van der Waals surface area contributed by atoms with E-state index in [1.165, 1.54) is 22.7 Å². The van der Waals surface area contributed by atoms with E-state index in [4.69, 9.17) is 0 Å². The molecular weight excluding hydrogens is 377 g/mol. The second-order valence-electron chi connectivity index (χ2n) is 6.02. The number of nitrogens with one attached hydrogen (secondary N) is 1. The molecule has 0 spiro atoms. The van der Waals surface area contributed by atoms with Gasteiger partial charge in [0.2, 0.25) is 5.91 Å². The molecule has 4 nitrogen and oxygen atoms in total. The maximum Gasteiger partial charge on any atom is 0.416 e. The highest BCUT2D eigenvalue weighted by molar-refractivity contribution is 7.99. The number of anilines is 1. The van der Waals surface area contributed by atoms with Crippen LogP contribution in [0.4, 0.5) is 18.9 Å². The maximum atomic E-state index is 12.7. The van der Waals surface area contributed by atoms with E-state index in [1.54, 1.807) is 44.4 Å². The molecule has 0 aliphatic heterocycles. The Labute approximate surface area is 159 Å². The first-order chi connectivity index (χ1) is 12.7. The van der Waals surface area contributed by atoms with E-state index in [9.17, 15) is 22.8 Å². The first kappa shape index (κ1) is 20.8. The Morgan fingerprint density at radius 2 is 1.74 bits per heavy atom. The highest BCUT2D eigenvalue weighted by Crippen LogP contribution is 2.30. The van der Waals surface area contributed by atoms with Gasteiger partial charge in [-0.15, -0.1) is 11.8 Å². The Morgan fingerprint density at radius 1 is 1.07 bits per heavy atom. The molecule has 0 atom stereocenters. The number of carbonyl (C=O) groups excluding carboxylic acids is 2. The predicted octanol–water partition coefficient (Wildman–Crippen LogP) is 4.28. The molecule has 0 saturated carbocycles. The molecule has 2 aromatic rings. The second-order valence-corrected chi connectivity index (χ2v) is 7.00. The standard InChI is InChI=1S/C19H19F3N2O2S/c1-24(2)18(26)14-6-8-16(9-7-14)23-17(25)12-27-11-13-4-3-5-15(10-13)19(20,21)22/h3-10H,11-12H2,1-2H3,(H,23,25). The van der Waals surface area contributed by atoms with Crippen LogP contribution in [0.2, 0.25) is 0 Å². The molecule has 144 valence electrons. The van der Waals surface area contributed by atoms with Crippen LogP contribution >= 0.6 is 11.8 Å². The Morgan fingerprint density at radius 3 is 2.33 bits per heavy atom. The predicted molar refractivity (Wildman–Crippen MR) is 101 cm³/mol. The van der Waals surface area contributed by atoms with Crippen LogP contribution in [-0.2, 0) is 16.7 Å². The summed E-state index contributed by atoms with van der Waals surface area (Å²) < 4.78 is 38.1. The second kappa shape index (κ2) is 8.94. The van der Waals surface area contributed by atoms with Crippen molar-refractivity contribution in [2.24, 2.45) is 0 Å². The van der Waals surface area contributed by atoms with E-state index in [1.807, 2.05) is 0 Å². The number of amides is 2. The molecule has 0 saturated heterocycles. The number of rotatable bonds is 6. The van der Waals surface area contributed by atoms with Crippen LogP contribution in [0, 0.1) is 0 Å². The van der Waals surface area contributed by atoms with E-state index in [-0.39, 0.29) is 17.6 Å². The fourth-order valence-electron chi connectivity index (χ4n) is 2.25. The zero-order chi connectivity index (χ0) is 20.0. The number of hydrogen-bond donors (Lipinski definition) is 1. The third-order valence-electron chi connectivity index (χ3n) is 3.58. The van der Waals surface area contributed by atoms with Crippen LogP contribution in [0.15, 0.2) is 48.5 Å². The van der Waals surface area contributed by atoms with E-state index < -0.39 is 11.7 Å².